The first-order valence-corrected chi connectivity index (χ1v) is 16.1. The van der Waals surface area contributed by atoms with E-state index in [1.54, 1.807) is 25.5 Å². The van der Waals surface area contributed by atoms with Crippen LogP contribution in [0.1, 0.15) is 47.1 Å². The van der Waals surface area contributed by atoms with Gasteiger partial charge in [0.2, 0.25) is 5.91 Å². The molecule has 242 valence electrons. The number of aromatic nitrogens is 1. The minimum atomic E-state index is -0.395. The summed E-state index contributed by atoms with van der Waals surface area (Å²) >= 11 is 0. The average Bonchev–Trinajstić information content (AvgIpc) is 3.65. The minimum Gasteiger partial charge on any atom is -0.398 e. The van der Waals surface area contributed by atoms with Crippen molar-refractivity contribution in [2.45, 2.75) is 26.2 Å². The van der Waals surface area contributed by atoms with Gasteiger partial charge in [0, 0.05) is 85.9 Å². The first kappa shape index (κ1) is 31.9. The lowest BCUT2D eigenvalue weighted by molar-refractivity contribution is -0.125. The molecule has 2 fully saturated rings. The number of hydrogen-bond donors (Lipinski definition) is 3. The van der Waals surface area contributed by atoms with Crippen LogP contribution >= 0.6 is 0 Å². The SMILES string of the molecule is C=C(CN1CC[C@]2(CCN(c3ccc(N)c(C(=N)c4cnccc4C)c3)C2=O)C1)N1CC=C(c2ccc(C(N)=NC=NC)cc2)CC1. The van der Waals surface area contributed by atoms with Gasteiger partial charge in [-0.3, -0.25) is 25.1 Å². The summed E-state index contributed by atoms with van der Waals surface area (Å²) in [6.45, 7) is 11.1. The molecule has 47 heavy (non-hydrogen) atoms. The van der Waals surface area contributed by atoms with E-state index in [1.165, 1.54) is 17.5 Å². The van der Waals surface area contributed by atoms with E-state index >= 15 is 0 Å². The van der Waals surface area contributed by atoms with Crippen molar-refractivity contribution in [3.05, 3.63) is 107 Å². The zero-order valence-electron chi connectivity index (χ0n) is 27.2. The third kappa shape index (κ3) is 6.46. The van der Waals surface area contributed by atoms with Crippen molar-refractivity contribution >= 4 is 40.7 Å². The number of amides is 1. The van der Waals surface area contributed by atoms with E-state index in [2.05, 4.69) is 49.6 Å². The molecule has 1 aromatic heterocycles. The Hall–Kier alpha value is -5.09. The highest BCUT2D eigenvalue weighted by atomic mass is 16.2. The summed E-state index contributed by atoms with van der Waals surface area (Å²) in [5.41, 5.74) is 20.4. The van der Waals surface area contributed by atoms with Crippen molar-refractivity contribution in [1.29, 1.82) is 5.41 Å². The third-order valence-electron chi connectivity index (χ3n) is 9.80. The summed E-state index contributed by atoms with van der Waals surface area (Å²) in [5.74, 6) is 0.610. The molecule has 5 N–H and O–H groups in total. The molecule has 0 unspecified atom stereocenters. The lowest BCUT2D eigenvalue weighted by atomic mass is 9.85. The number of carbonyl (C=O) groups excluding carboxylic acids is 1. The van der Waals surface area contributed by atoms with Crippen LogP contribution in [-0.4, -0.2) is 84.9 Å². The monoisotopic (exact) mass is 629 g/mol. The van der Waals surface area contributed by atoms with Crippen molar-refractivity contribution in [1.82, 2.24) is 14.8 Å². The zero-order valence-corrected chi connectivity index (χ0v) is 27.2. The van der Waals surface area contributed by atoms with Gasteiger partial charge in [-0.15, -0.1) is 0 Å². The Bertz CT molecular complexity index is 1790. The highest BCUT2D eigenvalue weighted by Crippen LogP contribution is 2.43. The van der Waals surface area contributed by atoms with Crippen molar-refractivity contribution < 1.29 is 4.79 Å². The molecule has 10 nitrogen and oxygen atoms in total. The van der Waals surface area contributed by atoms with E-state index in [1.807, 2.05) is 42.2 Å². The Kier molecular flexibility index (Phi) is 9.04. The molecule has 4 heterocycles. The Morgan fingerprint density at radius 1 is 1.11 bits per heavy atom. The first-order chi connectivity index (χ1) is 22.7. The molecule has 10 heteroatoms. The predicted molar refractivity (Wildman–Crippen MR) is 191 cm³/mol. The molecule has 3 aliphatic rings. The maximum absolute atomic E-state index is 14.0. The van der Waals surface area contributed by atoms with Crippen molar-refractivity contribution in [3.63, 3.8) is 0 Å². The predicted octanol–water partition coefficient (Wildman–Crippen LogP) is 4.48. The van der Waals surface area contributed by atoms with E-state index in [4.69, 9.17) is 16.9 Å². The highest BCUT2D eigenvalue weighted by molar-refractivity contribution is 6.15. The van der Waals surface area contributed by atoms with Gasteiger partial charge in [-0.1, -0.05) is 36.9 Å². The lowest BCUT2D eigenvalue weighted by Crippen LogP contribution is -2.38. The summed E-state index contributed by atoms with van der Waals surface area (Å²) in [5, 5.41) is 8.84. The van der Waals surface area contributed by atoms with Crippen molar-refractivity contribution in [2.24, 2.45) is 21.1 Å². The maximum atomic E-state index is 14.0. The molecule has 3 aromatic rings. The molecule has 1 atom stereocenters. The number of hydrogen-bond acceptors (Lipinski definition) is 7. The number of benzene rings is 2. The van der Waals surface area contributed by atoms with E-state index in [0.717, 1.165) is 80.1 Å². The van der Waals surface area contributed by atoms with Gasteiger partial charge in [0.1, 0.15) is 12.2 Å². The second kappa shape index (κ2) is 13.3. The first-order valence-electron chi connectivity index (χ1n) is 16.1. The third-order valence-corrected chi connectivity index (χ3v) is 9.80. The van der Waals surface area contributed by atoms with E-state index in [-0.39, 0.29) is 5.91 Å². The van der Waals surface area contributed by atoms with Gasteiger partial charge in [0.15, 0.2) is 0 Å². The van der Waals surface area contributed by atoms with Crippen LogP contribution < -0.4 is 16.4 Å². The minimum absolute atomic E-state index is 0.161. The summed E-state index contributed by atoms with van der Waals surface area (Å²) in [6.07, 6.45) is 9.72. The molecule has 1 amide bonds. The van der Waals surface area contributed by atoms with E-state index < -0.39 is 5.41 Å². The number of rotatable bonds is 9. The molecule has 3 aliphatic heterocycles. The van der Waals surface area contributed by atoms with Crippen molar-refractivity contribution in [2.75, 3.05) is 56.9 Å². The quantitative estimate of drug-likeness (QED) is 0.181. The number of nitrogen functional groups attached to an aromatic ring is 1. The van der Waals surface area contributed by atoms with Crippen LogP contribution in [0.3, 0.4) is 0 Å². The normalized spacial score (nSPS) is 20.4. The molecule has 1 spiro atoms. The number of nitrogens with two attached hydrogens (primary N) is 2. The smallest absolute Gasteiger partial charge is 0.234 e. The van der Waals surface area contributed by atoms with Gasteiger partial charge in [-0.2, -0.15) is 0 Å². The van der Waals surface area contributed by atoms with Gasteiger partial charge >= 0.3 is 0 Å². The van der Waals surface area contributed by atoms with Crippen LogP contribution in [-0.2, 0) is 4.79 Å². The van der Waals surface area contributed by atoms with Crippen LogP contribution in [0.4, 0.5) is 11.4 Å². The highest BCUT2D eigenvalue weighted by Gasteiger charge is 2.51. The molecule has 6 rings (SSSR count). The number of nitrogens with one attached hydrogen (secondary N) is 1. The fraction of sp³-hybridized carbons (Fsp3) is 0.324. The zero-order chi connectivity index (χ0) is 33.1. The second-order valence-corrected chi connectivity index (χ2v) is 12.7. The number of carbonyl (C=O) groups is 1. The number of anilines is 2. The van der Waals surface area contributed by atoms with E-state index in [0.29, 0.717) is 29.3 Å². The van der Waals surface area contributed by atoms with Crippen LogP contribution in [0.2, 0.25) is 0 Å². The molecule has 2 saturated heterocycles. The summed E-state index contributed by atoms with van der Waals surface area (Å²) in [6, 6.07) is 15.7. The Balaban J connectivity index is 1.06. The molecule has 2 aromatic carbocycles. The van der Waals surface area contributed by atoms with Crippen LogP contribution in [0.25, 0.3) is 5.57 Å². The van der Waals surface area contributed by atoms with Crippen LogP contribution in [0.5, 0.6) is 0 Å². The lowest BCUT2D eigenvalue weighted by Gasteiger charge is -2.32. The van der Waals surface area contributed by atoms with Gasteiger partial charge < -0.3 is 21.3 Å². The van der Waals surface area contributed by atoms with Gasteiger partial charge in [0.05, 0.1) is 11.1 Å². The second-order valence-electron chi connectivity index (χ2n) is 12.7. The number of aryl methyl sites for hydroxylation is 1. The van der Waals surface area contributed by atoms with Gasteiger partial charge in [-0.25, -0.2) is 4.99 Å². The van der Waals surface area contributed by atoms with Gasteiger partial charge in [0.25, 0.3) is 0 Å². The largest absolute Gasteiger partial charge is 0.398 e. The van der Waals surface area contributed by atoms with Crippen molar-refractivity contribution in [3.8, 4) is 0 Å². The number of amidine groups is 1. The molecular formula is C37H43N9O. The number of aliphatic imine (C=N–C) groups is 2. The molecular weight excluding hydrogens is 586 g/mol. The maximum Gasteiger partial charge on any atom is 0.234 e. The fourth-order valence-electron chi connectivity index (χ4n) is 6.96. The molecule has 0 aliphatic carbocycles. The van der Waals surface area contributed by atoms with E-state index in [9.17, 15) is 4.79 Å². The molecule has 0 saturated carbocycles. The Morgan fingerprint density at radius 3 is 2.62 bits per heavy atom. The standard InChI is InChI=1S/C37H43N9O/c1-25-10-15-42-21-32(25)34(39)31-20-30(8-9-33(31)38)46-19-14-37(36(46)47)13-18-44(23-37)22-26(2)45-16-11-28(12-17-45)27-4-6-29(7-5-27)35(40)43-24-41-3/h4-11,15,20-21,24,39H,2,12-14,16-19,22-23,38H2,1,3H3,(H2,40,41,43)/t37-/m0/s1. The summed E-state index contributed by atoms with van der Waals surface area (Å²) in [7, 11) is 1.67. The topological polar surface area (TPSA) is 140 Å². The Morgan fingerprint density at radius 2 is 1.89 bits per heavy atom. The number of nitrogens with zero attached hydrogens (tertiary/aromatic N) is 6. The molecule has 0 radical (unpaired) electrons. The molecule has 0 bridgehead atoms. The van der Waals surface area contributed by atoms with Gasteiger partial charge in [-0.05, 0) is 73.7 Å². The fourth-order valence-corrected chi connectivity index (χ4v) is 6.96. The Labute approximate surface area is 276 Å². The van der Waals surface area contributed by atoms with Crippen LogP contribution in [0.15, 0.2) is 89.3 Å². The number of pyridine rings is 1. The summed E-state index contributed by atoms with van der Waals surface area (Å²) < 4.78 is 0. The average molecular weight is 630 g/mol. The van der Waals surface area contributed by atoms with Crippen LogP contribution in [0, 0.1) is 17.7 Å². The summed E-state index contributed by atoms with van der Waals surface area (Å²) in [4.78, 5) is 32.8. The number of likely N-dealkylation sites (tertiary alicyclic amines) is 1.